The Morgan fingerprint density at radius 1 is 1.00 bits per heavy atom. The van der Waals surface area contributed by atoms with E-state index in [0.29, 0.717) is 13.2 Å². The molecular weight excluding hydrogens is 314 g/mol. The second-order valence-corrected chi connectivity index (χ2v) is 5.69. The highest BCUT2D eigenvalue weighted by molar-refractivity contribution is 5.62. The highest BCUT2D eigenvalue weighted by Gasteiger charge is 2.08. The average Bonchev–Trinajstić information content (AvgIpc) is 3.02. The van der Waals surface area contributed by atoms with Crippen LogP contribution in [0.3, 0.4) is 0 Å². The van der Waals surface area contributed by atoms with Crippen molar-refractivity contribution in [2.24, 2.45) is 7.05 Å². The van der Waals surface area contributed by atoms with Gasteiger partial charge in [-0.15, -0.1) is 0 Å². The van der Waals surface area contributed by atoms with E-state index >= 15 is 0 Å². The minimum atomic E-state index is 0.680. The lowest BCUT2D eigenvalue weighted by molar-refractivity contribution is 0.340. The third-order valence-corrected chi connectivity index (χ3v) is 4.06. The first-order valence-corrected chi connectivity index (χ1v) is 8.33. The van der Waals surface area contributed by atoms with Gasteiger partial charge in [0, 0.05) is 19.2 Å². The van der Waals surface area contributed by atoms with E-state index < -0.39 is 0 Å². The van der Waals surface area contributed by atoms with Crippen molar-refractivity contribution in [1.29, 1.82) is 0 Å². The van der Waals surface area contributed by atoms with E-state index in [4.69, 9.17) is 9.47 Å². The summed E-state index contributed by atoms with van der Waals surface area (Å²) in [5.74, 6) is 2.57. The Morgan fingerprint density at radius 2 is 1.68 bits per heavy atom. The van der Waals surface area contributed by atoms with Gasteiger partial charge in [0.1, 0.15) is 11.5 Å². The fraction of sp³-hybridized carbons (Fsp3) is 0.250. The van der Waals surface area contributed by atoms with E-state index in [1.807, 2.05) is 56.6 Å². The van der Waals surface area contributed by atoms with Gasteiger partial charge in [-0.05, 0) is 48.9 Å². The van der Waals surface area contributed by atoms with Crippen LogP contribution < -0.4 is 14.8 Å². The number of anilines is 1. The lowest BCUT2D eigenvalue weighted by Gasteiger charge is -2.09. The van der Waals surface area contributed by atoms with Crippen LogP contribution in [-0.2, 0) is 13.6 Å². The molecule has 0 fully saturated rings. The third kappa shape index (κ3) is 3.94. The number of benzene rings is 2. The van der Waals surface area contributed by atoms with Crippen molar-refractivity contribution in [2.75, 3.05) is 19.0 Å². The van der Waals surface area contributed by atoms with Crippen LogP contribution in [-0.4, -0.2) is 23.3 Å². The van der Waals surface area contributed by atoms with E-state index in [-0.39, 0.29) is 0 Å². The van der Waals surface area contributed by atoms with Gasteiger partial charge in [0.25, 0.3) is 0 Å². The number of nitrogens with one attached hydrogen (secondary N) is 1. The summed E-state index contributed by atoms with van der Waals surface area (Å²) in [4.78, 5) is 4.49. The van der Waals surface area contributed by atoms with Gasteiger partial charge >= 0.3 is 0 Å². The summed E-state index contributed by atoms with van der Waals surface area (Å²) < 4.78 is 12.7. The first-order chi connectivity index (χ1) is 12.2. The van der Waals surface area contributed by atoms with Crippen molar-refractivity contribution in [2.45, 2.75) is 13.5 Å². The fourth-order valence-electron chi connectivity index (χ4n) is 2.66. The Bertz CT molecular complexity index is 808. The van der Waals surface area contributed by atoms with Crippen LogP contribution >= 0.6 is 0 Å². The van der Waals surface area contributed by atoms with Gasteiger partial charge in [-0.25, -0.2) is 4.98 Å². The number of nitrogens with zero attached hydrogens (tertiary/aromatic N) is 2. The molecule has 5 heteroatoms. The number of methoxy groups -OCH3 is 1. The molecule has 0 atom stereocenters. The summed E-state index contributed by atoms with van der Waals surface area (Å²) in [6, 6.07) is 16.1. The molecule has 0 bridgehead atoms. The van der Waals surface area contributed by atoms with Crippen LogP contribution in [0.5, 0.6) is 11.5 Å². The molecule has 0 amide bonds. The lowest BCUT2D eigenvalue weighted by atomic mass is 10.1. The molecule has 1 heterocycles. The molecule has 0 radical (unpaired) electrons. The molecule has 0 aliphatic rings. The first kappa shape index (κ1) is 16.9. The van der Waals surface area contributed by atoms with Gasteiger partial charge in [0.15, 0.2) is 0 Å². The van der Waals surface area contributed by atoms with Gasteiger partial charge in [-0.3, -0.25) is 0 Å². The van der Waals surface area contributed by atoms with Crippen molar-refractivity contribution in [3.8, 4) is 22.8 Å². The molecule has 0 aliphatic heterocycles. The zero-order valence-electron chi connectivity index (χ0n) is 14.8. The first-order valence-electron chi connectivity index (χ1n) is 8.33. The highest BCUT2D eigenvalue weighted by atomic mass is 16.5. The third-order valence-electron chi connectivity index (χ3n) is 4.06. The van der Waals surface area contributed by atoms with E-state index in [2.05, 4.69) is 27.0 Å². The minimum absolute atomic E-state index is 0.680. The second-order valence-electron chi connectivity index (χ2n) is 5.69. The van der Waals surface area contributed by atoms with Gasteiger partial charge < -0.3 is 19.4 Å². The van der Waals surface area contributed by atoms with Crippen LogP contribution in [0.2, 0.25) is 0 Å². The van der Waals surface area contributed by atoms with Gasteiger partial charge in [0.05, 0.1) is 25.6 Å². The van der Waals surface area contributed by atoms with Crippen molar-refractivity contribution < 1.29 is 9.47 Å². The van der Waals surface area contributed by atoms with Gasteiger partial charge in [0.2, 0.25) is 5.95 Å². The molecule has 25 heavy (non-hydrogen) atoms. The number of ether oxygens (including phenoxy) is 2. The van der Waals surface area contributed by atoms with E-state index in [0.717, 1.165) is 28.7 Å². The zero-order chi connectivity index (χ0) is 17.6. The summed E-state index contributed by atoms with van der Waals surface area (Å²) in [6.45, 7) is 3.37. The summed E-state index contributed by atoms with van der Waals surface area (Å²) >= 11 is 0. The van der Waals surface area contributed by atoms with Gasteiger partial charge in [-0.2, -0.15) is 0 Å². The Labute approximate surface area is 148 Å². The zero-order valence-corrected chi connectivity index (χ0v) is 14.8. The second kappa shape index (κ2) is 7.75. The van der Waals surface area contributed by atoms with E-state index in [1.165, 1.54) is 5.56 Å². The molecule has 2 aromatic carbocycles. The van der Waals surface area contributed by atoms with Crippen LogP contribution in [0.1, 0.15) is 12.5 Å². The molecule has 0 unspecified atom stereocenters. The van der Waals surface area contributed by atoms with Crippen LogP contribution in [0, 0.1) is 0 Å². The molecule has 5 nitrogen and oxygen atoms in total. The number of hydrogen-bond donors (Lipinski definition) is 1. The molecule has 130 valence electrons. The summed E-state index contributed by atoms with van der Waals surface area (Å²) in [5, 5.41) is 3.38. The summed E-state index contributed by atoms with van der Waals surface area (Å²) in [6.07, 6.45) is 1.88. The monoisotopic (exact) mass is 337 g/mol. The molecule has 0 aliphatic carbocycles. The predicted octanol–water partition coefficient (Wildman–Crippen LogP) is 4.11. The molecule has 3 aromatic rings. The molecule has 1 N–H and O–H groups in total. The maximum atomic E-state index is 5.47. The molecule has 3 rings (SSSR count). The maximum Gasteiger partial charge on any atom is 0.203 e. The quantitative estimate of drug-likeness (QED) is 0.705. The highest BCUT2D eigenvalue weighted by Crippen LogP contribution is 2.24. The SMILES string of the molecule is CCOc1ccc(CNc2ncc(-c3ccc(OC)cc3)n2C)cc1. The summed E-state index contributed by atoms with van der Waals surface area (Å²) in [5.41, 5.74) is 3.33. The minimum Gasteiger partial charge on any atom is -0.497 e. The largest absolute Gasteiger partial charge is 0.497 e. The van der Waals surface area contributed by atoms with Crippen molar-refractivity contribution in [3.05, 3.63) is 60.3 Å². The molecule has 0 saturated heterocycles. The van der Waals surface area contributed by atoms with Crippen molar-refractivity contribution in [3.63, 3.8) is 0 Å². The standard InChI is InChI=1S/C20H23N3O2/c1-4-25-18-9-5-15(6-10-18)13-21-20-22-14-19(23(20)2)16-7-11-17(24-3)12-8-16/h5-12,14H,4,13H2,1-3H3,(H,21,22). The topological polar surface area (TPSA) is 48.3 Å². The van der Waals surface area contributed by atoms with Gasteiger partial charge in [-0.1, -0.05) is 12.1 Å². The number of aromatic nitrogens is 2. The molecule has 0 saturated carbocycles. The van der Waals surface area contributed by atoms with Crippen LogP contribution in [0.4, 0.5) is 5.95 Å². The van der Waals surface area contributed by atoms with Crippen LogP contribution in [0.25, 0.3) is 11.3 Å². The van der Waals surface area contributed by atoms with Crippen molar-refractivity contribution >= 4 is 5.95 Å². The Morgan fingerprint density at radius 3 is 2.32 bits per heavy atom. The summed E-state index contributed by atoms with van der Waals surface area (Å²) in [7, 11) is 3.68. The Balaban J connectivity index is 1.68. The normalized spacial score (nSPS) is 10.5. The number of hydrogen-bond acceptors (Lipinski definition) is 4. The van der Waals surface area contributed by atoms with E-state index in [1.54, 1.807) is 7.11 Å². The Hall–Kier alpha value is -2.95. The molecule has 1 aromatic heterocycles. The van der Waals surface area contributed by atoms with Crippen LogP contribution in [0.15, 0.2) is 54.7 Å². The molecule has 0 spiro atoms. The smallest absolute Gasteiger partial charge is 0.203 e. The molecular formula is C20H23N3O2. The number of imidazole rings is 1. The fourth-order valence-corrected chi connectivity index (χ4v) is 2.66. The lowest BCUT2D eigenvalue weighted by Crippen LogP contribution is -2.05. The van der Waals surface area contributed by atoms with Crippen molar-refractivity contribution in [1.82, 2.24) is 9.55 Å². The van der Waals surface area contributed by atoms with E-state index in [9.17, 15) is 0 Å². The average molecular weight is 337 g/mol. The number of rotatable bonds is 7. The predicted molar refractivity (Wildman–Crippen MR) is 100 cm³/mol. The Kier molecular flexibility index (Phi) is 5.23. The maximum absolute atomic E-state index is 5.47.